The molecule has 0 aliphatic carbocycles. The van der Waals surface area contributed by atoms with Gasteiger partial charge in [-0.25, -0.2) is 4.57 Å². The number of allylic oxidation sites excluding steroid dienone is 9. The van der Waals surface area contributed by atoms with E-state index in [-0.39, 0.29) is 13.0 Å². The van der Waals surface area contributed by atoms with Gasteiger partial charge in [0.1, 0.15) is 12.2 Å². The fourth-order valence-corrected chi connectivity index (χ4v) is 5.63. The van der Waals surface area contributed by atoms with Crippen LogP contribution < -0.4 is 0 Å². The highest BCUT2D eigenvalue weighted by Gasteiger charge is 2.26. The molecule has 0 fully saturated rings. The van der Waals surface area contributed by atoms with E-state index in [1.54, 1.807) is 6.08 Å². The first-order valence-corrected chi connectivity index (χ1v) is 20.8. The minimum atomic E-state index is -4.54. The maximum absolute atomic E-state index is 12.5. The van der Waals surface area contributed by atoms with Crippen LogP contribution in [0.3, 0.4) is 0 Å². The van der Waals surface area contributed by atoms with E-state index in [9.17, 15) is 19.4 Å². The fourth-order valence-electron chi connectivity index (χ4n) is 4.84. The van der Waals surface area contributed by atoms with Gasteiger partial charge in [0.2, 0.25) is 0 Å². The zero-order valence-corrected chi connectivity index (χ0v) is 32.2. The summed E-state index contributed by atoms with van der Waals surface area (Å²) in [7, 11) is -4.54. The number of aliphatic hydroxyl groups is 2. The van der Waals surface area contributed by atoms with Crippen LogP contribution in [0.1, 0.15) is 142 Å². The van der Waals surface area contributed by atoms with Crippen molar-refractivity contribution < 1.29 is 43.0 Å². The number of phosphoric ester groups is 1. The van der Waals surface area contributed by atoms with Gasteiger partial charge in [-0.1, -0.05) is 158 Å². The third-order valence-corrected chi connectivity index (χ3v) is 8.70. The van der Waals surface area contributed by atoms with Crippen LogP contribution >= 0.6 is 7.82 Å². The molecule has 0 spiro atoms. The van der Waals surface area contributed by atoms with E-state index in [2.05, 4.69) is 56.4 Å². The normalized spacial score (nSPS) is 14.9. The molecule has 0 heterocycles. The van der Waals surface area contributed by atoms with Crippen LogP contribution in [0.5, 0.6) is 0 Å². The van der Waals surface area contributed by atoms with Gasteiger partial charge in [-0.3, -0.25) is 13.8 Å². The first-order valence-electron chi connectivity index (χ1n) is 19.3. The molecule has 0 aliphatic rings. The lowest BCUT2D eigenvalue weighted by atomic mass is 10.0. The number of esters is 1. The van der Waals surface area contributed by atoms with Crippen molar-refractivity contribution in [3.8, 4) is 0 Å². The summed E-state index contributed by atoms with van der Waals surface area (Å²) in [5, 5.41) is 18.3. The largest absolute Gasteiger partial charge is 0.472 e. The number of aliphatic hydroxyl groups excluding tert-OH is 2. The van der Waals surface area contributed by atoms with Crippen molar-refractivity contribution in [1.29, 1.82) is 0 Å². The topological polar surface area (TPSA) is 132 Å². The Hall–Kier alpha value is -1.84. The Bertz CT molecular complexity index is 960. The van der Waals surface area contributed by atoms with E-state index in [4.69, 9.17) is 23.6 Å². The molecule has 0 radical (unpaired) electrons. The summed E-state index contributed by atoms with van der Waals surface area (Å²) in [4.78, 5) is 22.4. The first-order chi connectivity index (χ1) is 24.3. The number of hydrogen-bond acceptors (Lipinski definition) is 8. The molecule has 0 aromatic rings. The van der Waals surface area contributed by atoms with Gasteiger partial charge >= 0.3 is 13.8 Å². The Morgan fingerprint density at radius 3 is 1.54 bits per heavy atom. The van der Waals surface area contributed by atoms with Gasteiger partial charge in [0.25, 0.3) is 0 Å². The van der Waals surface area contributed by atoms with Crippen molar-refractivity contribution in [1.82, 2.24) is 0 Å². The molecule has 0 aliphatic heterocycles. The number of phosphoric acid groups is 1. The summed E-state index contributed by atoms with van der Waals surface area (Å²) < 4.78 is 33.1. The highest BCUT2D eigenvalue weighted by atomic mass is 31.2. The molecule has 0 rings (SSSR count). The number of carbonyl (C=O) groups is 1. The molecule has 9 nitrogen and oxygen atoms in total. The van der Waals surface area contributed by atoms with Gasteiger partial charge in [0.15, 0.2) is 0 Å². The number of ether oxygens (including phenoxy) is 2. The molecule has 3 unspecified atom stereocenters. The van der Waals surface area contributed by atoms with Crippen LogP contribution in [0.15, 0.2) is 60.8 Å². The fraction of sp³-hybridized carbons (Fsp3) is 0.725. The Kier molecular flexibility index (Phi) is 35.6. The Labute approximate surface area is 304 Å². The molecule has 0 saturated heterocycles. The number of unbranched alkanes of at least 4 members (excludes halogenated alkanes) is 13. The zero-order valence-electron chi connectivity index (χ0n) is 31.3. The Morgan fingerprint density at radius 1 is 0.620 bits per heavy atom. The molecule has 0 amide bonds. The minimum absolute atomic E-state index is 0.00904. The third kappa shape index (κ3) is 36.0. The SMILES string of the molecule is CC/C=C\C/C=C\C/C=C\C/C=C\C/C=C\CC(=O)OC(COCCCCCCCCCCCCCCCC)COP(=O)(O)OCC(O)CO. The molecule has 0 aromatic carbocycles. The second-order valence-electron chi connectivity index (χ2n) is 12.6. The Morgan fingerprint density at radius 2 is 1.06 bits per heavy atom. The molecule has 290 valence electrons. The molecule has 10 heteroatoms. The molecule has 0 saturated carbocycles. The van der Waals surface area contributed by atoms with Crippen molar-refractivity contribution in [3.63, 3.8) is 0 Å². The average molecular weight is 727 g/mol. The lowest BCUT2D eigenvalue weighted by Gasteiger charge is -2.20. The predicted octanol–water partition coefficient (Wildman–Crippen LogP) is 10.0. The van der Waals surface area contributed by atoms with Crippen LogP contribution in [0.25, 0.3) is 0 Å². The molecule has 3 atom stereocenters. The summed E-state index contributed by atoms with van der Waals surface area (Å²) in [6.07, 6.45) is 40.6. The lowest BCUT2D eigenvalue weighted by molar-refractivity contribution is -0.153. The van der Waals surface area contributed by atoms with E-state index >= 15 is 0 Å². The molecule has 3 N–H and O–H groups in total. The maximum atomic E-state index is 12.5. The molecule has 50 heavy (non-hydrogen) atoms. The van der Waals surface area contributed by atoms with E-state index in [0.717, 1.165) is 44.9 Å². The molecular formula is C40H71O9P. The van der Waals surface area contributed by atoms with Gasteiger partial charge < -0.3 is 24.6 Å². The first kappa shape index (κ1) is 48.2. The van der Waals surface area contributed by atoms with Crippen molar-refractivity contribution in [2.75, 3.05) is 33.0 Å². The van der Waals surface area contributed by atoms with Crippen molar-refractivity contribution in [3.05, 3.63) is 60.8 Å². The molecule has 0 bridgehead atoms. The second-order valence-corrected chi connectivity index (χ2v) is 14.0. The molecular weight excluding hydrogens is 655 g/mol. The van der Waals surface area contributed by atoms with Crippen LogP contribution in [-0.2, 0) is 27.9 Å². The molecule has 0 aromatic heterocycles. The maximum Gasteiger partial charge on any atom is 0.472 e. The van der Waals surface area contributed by atoms with Gasteiger partial charge in [0, 0.05) is 6.61 Å². The lowest BCUT2D eigenvalue weighted by Crippen LogP contribution is -2.28. The second kappa shape index (κ2) is 36.9. The minimum Gasteiger partial charge on any atom is -0.457 e. The van der Waals surface area contributed by atoms with Crippen molar-refractivity contribution >= 4 is 13.8 Å². The van der Waals surface area contributed by atoms with Gasteiger partial charge in [-0.15, -0.1) is 0 Å². The van der Waals surface area contributed by atoms with E-state index in [1.165, 1.54) is 70.6 Å². The van der Waals surface area contributed by atoms with Gasteiger partial charge in [-0.2, -0.15) is 0 Å². The standard InChI is InChI=1S/C40H71O9P/c1-3-5-7-9-11-13-15-17-19-20-22-24-26-28-30-32-40(43)49-39(37-48-50(44,45)47-35-38(42)34-41)36-46-33-31-29-27-25-23-21-18-16-14-12-10-8-6-4-2/h5,7,11,13,17,19,22,24,28,30,38-39,41-42H,3-4,6,8-10,12,14-16,18,20-21,23,25-27,29,31-37H2,1-2H3,(H,44,45)/b7-5-,13-11-,19-17-,24-22-,30-28-. The number of carbonyl (C=O) groups excluding carboxylic acids is 1. The highest BCUT2D eigenvalue weighted by molar-refractivity contribution is 7.47. The van der Waals surface area contributed by atoms with Crippen molar-refractivity contribution in [2.24, 2.45) is 0 Å². The smallest absolute Gasteiger partial charge is 0.457 e. The summed E-state index contributed by atoms with van der Waals surface area (Å²) in [6.45, 7) is 3.26. The van der Waals surface area contributed by atoms with E-state index in [1.807, 2.05) is 12.2 Å². The quantitative estimate of drug-likeness (QED) is 0.0250. The summed E-state index contributed by atoms with van der Waals surface area (Å²) in [6, 6.07) is 0. The van der Waals surface area contributed by atoms with Gasteiger partial charge in [0.05, 0.1) is 32.8 Å². The van der Waals surface area contributed by atoms with Crippen LogP contribution in [0.2, 0.25) is 0 Å². The van der Waals surface area contributed by atoms with Gasteiger partial charge in [-0.05, 0) is 38.5 Å². The van der Waals surface area contributed by atoms with Crippen LogP contribution in [-0.4, -0.2) is 66.3 Å². The monoisotopic (exact) mass is 726 g/mol. The summed E-state index contributed by atoms with van der Waals surface area (Å²) in [5.41, 5.74) is 0. The van der Waals surface area contributed by atoms with Crippen molar-refractivity contribution in [2.45, 2.75) is 154 Å². The Balaban J connectivity index is 4.38. The van der Waals surface area contributed by atoms with Crippen LogP contribution in [0.4, 0.5) is 0 Å². The number of rotatable bonds is 36. The third-order valence-electron chi connectivity index (χ3n) is 7.75. The summed E-state index contributed by atoms with van der Waals surface area (Å²) >= 11 is 0. The zero-order chi connectivity index (χ0) is 36.8. The van der Waals surface area contributed by atoms with Crippen LogP contribution in [0, 0.1) is 0 Å². The highest BCUT2D eigenvalue weighted by Crippen LogP contribution is 2.43. The average Bonchev–Trinajstić information content (AvgIpc) is 3.10. The number of hydrogen-bond donors (Lipinski definition) is 3. The van der Waals surface area contributed by atoms with E-state index in [0.29, 0.717) is 13.0 Å². The summed E-state index contributed by atoms with van der Waals surface area (Å²) in [5.74, 6) is -0.510. The predicted molar refractivity (Wildman–Crippen MR) is 205 cm³/mol. The van der Waals surface area contributed by atoms with E-state index < -0.39 is 45.8 Å².